The van der Waals surface area contributed by atoms with Crippen LogP contribution in [-0.2, 0) is 9.47 Å². The summed E-state index contributed by atoms with van der Waals surface area (Å²) in [4.78, 5) is 16.3. The van der Waals surface area contributed by atoms with Crippen LogP contribution in [0.2, 0.25) is 0 Å². The molecule has 6 nitrogen and oxygen atoms in total. The molecule has 5 rings (SSSR count). The van der Waals surface area contributed by atoms with Crippen LogP contribution in [0.4, 0.5) is 5.69 Å². The normalized spacial score (nSPS) is 31.4. The monoisotopic (exact) mass is 489 g/mol. The van der Waals surface area contributed by atoms with E-state index in [1.54, 1.807) is 0 Å². The maximum absolute atomic E-state index is 12.4. The predicted octanol–water partition coefficient (Wildman–Crippen LogP) is 5.69. The van der Waals surface area contributed by atoms with Crippen LogP contribution in [0.15, 0.2) is 12.1 Å². The molecule has 2 saturated carbocycles. The molecule has 0 amide bonds. The third kappa shape index (κ3) is 5.23. The molecule has 2 N–H and O–H groups in total. The van der Waals surface area contributed by atoms with E-state index in [4.69, 9.17) is 9.47 Å². The van der Waals surface area contributed by atoms with Gasteiger partial charge in [-0.3, -0.25) is 0 Å². The summed E-state index contributed by atoms with van der Waals surface area (Å²) < 4.78 is 11.7. The zero-order chi connectivity index (χ0) is 23.7. The molecule has 3 aliphatic carbocycles. The van der Waals surface area contributed by atoms with Gasteiger partial charge in [0.1, 0.15) is 4.88 Å². The summed E-state index contributed by atoms with van der Waals surface area (Å²) in [7, 11) is 0. The standard InChI is InChI=1S/C27H39NO5S/c1-18-2-4-19(5-3-18)17-28(21-6-8-22(29)9-7-21)23-16-24(34-25(23)26(30)31)20-10-12-27(13-11-20)32-14-15-33-27/h10,16,18-19,21-22,29H,2-9,11-15,17H2,1H3,(H,30,31). The molecule has 188 valence electrons. The van der Waals surface area contributed by atoms with Crippen molar-refractivity contribution in [3.8, 4) is 0 Å². The zero-order valence-corrected chi connectivity index (χ0v) is 21.2. The fraction of sp³-hybridized carbons (Fsp3) is 0.741. The molecule has 1 aromatic heterocycles. The summed E-state index contributed by atoms with van der Waals surface area (Å²) in [5, 5.41) is 20.3. The molecule has 0 aromatic carbocycles. The third-order valence-electron chi connectivity index (χ3n) is 8.48. The van der Waals surface area contributed by atoms with E-state index < -0.39 is 11.8 Å². The van der Waals surface area contributed by atoms with Crippen molar-refractivity contribution in [1.29, 1.82) is 0 Å². The van der Waals surface area contributed by atoms with Gasteiger partial charge in [0.05, 0.1) is 25.0 Å². The van der Waals surface area contributed by atoms with Crippen molar-refractivity contribution in [2.24, 2.45) is 11.8 Å². The minimum absolute atomic E-state index is 0.217. The summed E-state index contributed by atoms with van der Waals surface area (Å²) >= 11 is 1.42. The van der Waals surface area contributed by atoms with Gasteiger partial charge < -0.3 is 24.6 Å². The number of hydrogen-bond donors (Lipinski definition) is 2. The highest BCUT2D eigenvalue weighted by Gasteiger charge is 2.38. The van der Waals surface area contributed by atoms with Crippen molar-refractivity contribution < 1.29 is 24.5 Å². The summed E-state index contributed by atoms with van der Waals surface area (Å²) in [5.41, 5.74) is 2.11. The van der Waals surface area contributed by atoms with E-state index >= 15 is 0 Å². The highest BCUT2D eigenvalue weighted by atomic mass is 32.1. The lowest BCUT2D eigenvalue weighted by molar-refractivity contribution is -0.159. The molecule has 1 spiro atoms. The average Bonchev–Trinajstić information content (AvgIpc) is 3.48. The predicted molar refractivity (Wildman–Crippen MR) is 134 cm³/mol. The second-order valence-electron chi connectivity index (χ2n) is 10.9. The Kier molecular flexibility index (Phi) is 7.35. The molecule has 2 heterocycles. The van der Waals surface area contributed by atoms with Crippen molar-refractivity contribution in [3.63, 3.8) is 0 Å². The molecular formula is C27H39NO5S. The summed E-state index contributed by atoms with van der Waals surface area (Å²) in [5.74, 6) is 0.108. The van der Waals surface area contributed by atoms with Gasteiger partial charge >= 0.3 is 5.97 Å². The number of thiophene rings is 1. The van der Waals surface area contributed by atoms with Gasteiger partial charge in [-0.05, 0) is 68.4 Å². The smallest absolute Gasteiger partial charge is 0.348 e. The third-order valence-corrected chi connectivity index (χ3v) is 9.67. The number of carboxylic acid groups (broad SMARTS) is 1. The zero-order valence-electron chi connectivity index (χ0n) is 20.3. The minimum Gasteiger partial charge on any atom is -0.477 e. The first-order valence-electron chi connectivity index (χ1n) is 13.2. The Balaban J connectivity index is 1.42. The van der Waals surface area contributed by atoms with Crippen LogP contribution in [0.3, 0.4) is 0 Å². The lowest BCUT2D eigenvalue weighted by Crippen LogP contribution is -2.43. The maximum Gasteiger partial charge on any atom is 0.348 e. The van der Waals surface area contributed by atoms with E-state index in [9.17, 15) is 15.0 Å². The van der Waals surface area contributed by atoms with E-state index in [2.05, 4.69) is 24.0 Å². The van der Waals surface area contributed by atoms with Crippen LogP contribution in [0, 0.1) is 11.8 Å². The van der Waals surface area contributed by atoms with Gasteiger partial charge in [-0.15, -0.1) is 11.3 Å². The number of anilines is 1. The quantitative estimate of drug-likeness (QED) is 0.534. The maximum atomic E-state index is 12.4. The minimum atomic E-state index is -0.834. The number of ether oxygens (including phenoxy) is 2. The van der Waals surface area contributed by atoms with Crippen LogP contribution in [-0.4, -0.2) is 53.9 Å². The topological polar surface area (TPSA) is 79.2 Å². The Morgan fingerprint density at radius 1 is 1.12 bits per heavy atom. The van der Waals surface area contributed by atoms with E-state index in [0.29, 0.717) is 30.1 Å². The Bertz CT molecular complexity index is 889. The molecule has 7 heteroatoms. The number of nitrogens with zero attached hydrogens (tertiary/aromatic N) is 1. The number of allylic oxidation sites excluding steroid dienone is 1. The second kappa shape index (κ2) is 10.3. The average molecular weight is 490 g/mol. The molecule has 0 bridgehead atoms. The van der Waals surface area contributed by atoms with Crippen molar-refractivity contribution in [3.05, 3.63) is 21.9 Å². The van der Waals surface area contributed by atoms with Crippen molar-refractivity contribution >= 4 is 28.6 Å². The first-order valence-corrected chi connectivity index (χ1v) is 14.0. The van der Waals surface area contributed by atoms with Gasteiger partial charge in [-0.25, -0.2) is 4.79 Å². The van der Waals surface area contributed by atoms with Gasteiger partial charge in [-0.1, -0.05) is 25.8 Å². The van der Waals surface area contributed by atoms with Crippen molar-refractivity contribution in [1.82, 2.24) is 0 Å². The van der Waals surface area contributed by atoms with Crippen molar-refractivity contribution in [2.45, 2.75) is 95.5 Å². The van der Waals surface area contributed by atoms with E-state index in [-0.39, 0.29) is 6.10 Å². The van der Waals surface area contributed by atoms with Crippen LogP contribution in [0.25, 0.3) is 5.57 Å². The van der Waals surface area contributed by atoms with Crippen LogP contribution in [0.1, 0.15) is 92.1 Å². The molecule has 4 aliphatic rings. The number of carboxylic acids is 1. The SMILES string of the molecule is CC1CCC(CN(c2cc(C3=CCC4(CC3)OCCO4)sc2C(=O)O)C2CCC(O)CC2)CC1. The number of hydrogen-bond acceptors (Lipinski definition) is 6. The first kappa shape index (κ1) is 24.3. The van der Waals surface area contributed by atoms with Crippen LogP contribution in [0.5, 0.6) is 0 Å². The molecule has 0 radical (unpaired) electrons. The van der Waals surface area contributed by atoms with Crippen LogP contribution < -0.4 is 4.90 Å². The molecule has 1 aromatic rings. The summed E-state index contributed by atoms with van der Waals surface area (Å²) in [6.07, 6.45) is 12.8. The number of aromatic carboxylic acids is 1. The highest BCUT2D eigenvalue weighted by Crippen LogP contribution is 2.44. The Morgan fingerprint density at radius 2 is 1.82 bits per heavy atom. The van der Waals surface area contributed by atoms with Gasteiger partial charge in [0.25, 0.3) is 0 Å². The molecule has 1 aliphatic heterocycles. The Hall–Kier alpha value is -1.41. The summed E-state index contributed by atoms with van der Waals surface area (Å²) in [6.45, 7) is 4.57. The second-order valence-corrected chi connectivity index (χ2v) is 12.0. The van der Waals surface area contributed by atoms with E-state index in [1.165, 1.54) is 42.6 Å². The number of rotatable bonds is 6. The Labute approximate surface area is 206 Å². The van der Waals surface area contributed by atoms with Gasteiger partial charge in [0, 0.05) is 30.3 Å². The number of aliphatic hydroxyl groups is 1. The molecule has 0 atom stereocenters. The highest BCUT2D eigenvalue weighted by molar-refractivity contribution is 7.15. The molecule has 1 saturated heterocycles. The largest absolute Gasteiger partial charge is 0.477 e. The number of carbonyl (C=O) groups is 1. The van der Waals surface area contributed by atoms with Crippen molar-refractivity contribution in [2.75, 3.05) is 24.7 Å². The first-order chi connectivity index (χ1) is 16.4. The fourth-order valence-electron chi connectivity index (χ4n) is 6.30. The van der Waals surface area contributed by atoms with Gasteiger partial charge in [0.15, 0.2) is 5.79 Å². The van der Waals surface area contributed by atoms with Gasteiger partial charge in [0.2, 0.25) is 0 Å². The van der Waals surface area contributed by atoms with Crippen LogP contribution >= 0.6 is 11.3 Å². The molecule has 0 unspecified atom stereocenters. The van der Waals surface area contributed by atoms with E-state index in [0.717, 1.165) is 68.0 Å². The van der Waals surface area contributed by atoms with Gasteiger partial charge in [-0.2, -0.15) is 0 Å². The lowest BCUT2D eigenvalue weighted by atomic mass is 9.82. The fourth-order valence-corrected chi connectivity index (χ4v) is 7.38. The summed E-state index contributed by atoms with van der Waals surface area (Å²) in [6, 6.07) is 2.44. The molecule has 34 heavy (non-hydrogen) atoms. The molecular weight excluding hydrogens is 450 g/mol. The lowest BCUT2D eigenvalue weighted by Gasteiger charge is -2.40. The Morgan fingerprint density at radius 3 is 2.44 bits per heavy atom. The number of aliphatic hydroxyl groups excluding tert-OH is 1. The van der Waals surface area contributed by atoms with E-state index in [1.807, 2.05) is 0 Å². The molecule has 3 fully saturated rings.